The predicted molar refractivity (Wildman–Crippen MR) is 68.1 cm³/mol. The number of benzene rings is 1. The molecule has 1 heterocycles. The van der Waals surface area contributed by atoms with Gasteiger partial charge < -0.3 is 5.73 Å². The molecule has 88 valence electrons. The molecule has 0 aromatic heterocycles. The number of nitrogens with zero attached hydrogens (tertiary/aromatic N) is 1. The van der Waals surface area contributed by atoms with Gasteiger partial charge in [0, 0.05) is 25.2 Å². The lowest BCUT2D eigenvalue weighted by Gasteiger charge is -2.40. The van der Waals surface area contributed by atoms with E-state index in [1.165, 1.54) is 12.0 Å². The maximum atomic E-state index is 6.14. The molecule has 1 saturated heterocycles. The van der Waals surface area contributed by atoms with Crippen LogP contribution in [0.25, 0.3) is 0 Å². The lowest BCUT2D eigenvalue weighted by molar-refractivity contribution is 0.104. The number of hydrogen-bond donors (Lipinski definition) is 1. The molecule has 0 bridgehead atoms. The van der Waals surface area contributed by atoms with E-state index in [-0.39, 0.29) is 0 Å². The summed E-state index contributed by atoms with van der Waals surface area (Å²) in [5.41, 5.74) is 7.53. The van der Waals surface area contributed by atoms with Crippen molar-refractivity contribution in [1.29, 1.82) is 0 Å². The minimum Gasteiger partial charge on any atom is -0.326 e. The van der Waals surface area contributed by atoms with E-state index in [1.54, 1.807) is 0 Å². The highest BCUT2D eigenvalue weighted by Gasteiger charge is 2.28. The van der Waals surface area contributed by atoms with Crippen LogP contribution in [0, 0.1) is 5.92 Å². The number of hydrogen-bond acceptors (Lipinski definition) is 2. The average molecular weight is 218 g/mol. The fraction of sp³-hybridized carbons (Fsp3) is 0.571. The maximum Gasteiger partial charge on any atom is 0.0237 e. The van der Waals surface area contributed by atoms with Crippen molar-refractivity contribution in [2.24, 2.45) is 11.7 Å². The highest BCUT2D eigenvalue weighted by atomic mass is 15.2. The molecule has 0 amide bonds. The standard InChI is InChI=1S/C14H22N2/c1-11-8-12(2)16(10-14(11)15)9-13-6-4-3-5-7-13/h3-7,11-12,14H,8-10,15H2,1-2H3/t11-,12+,14-/m1/s1. The van der Waals surface area contributed by atoms with Crippen molar-refractivity contribution in [1.82, 2.24) is 4.90 Å². The summed E-state index contributed by atoms with van der Waals surface area (Å²) < 4.78 is 0. The van der Waals surface area contributed by atoms with Crippen LogP contribution < -0.4 is 5.73 Å². The molecule has 1 aliphatic rings. The van der Waals surface area contributed by atoms with E-state index >= 15 is 0 Å². The third-order valence-electron chi connectivity index (χ3n) is 3.74. The Bertz CT molecular complexity index is 323. The molecule has 1 aromatic carbocycles. The molecule has 3 atom stereocenters. The Hall–Kier alpha value is -0.860. The number of nitrogens with two attached hydrogens (primary N) is 1. The van der Waals surface area contributed by atoms with Gasteiger partial charge in [0.2, 0.25) is 0 Å². The Morgan fingerprint density at radius 2 is 1.94 bits per heavy atom. The fourth-order valence-electron chi connectivity index (χ4n) is 2.53. The minimum absolute atomic E-state index is 0.333. The molecule has 0 aliphatic carbocycles. The summed E-state index contributed by atoms with van der Waals surface area (Å²) in [5.74, 6) is 0.655. The first-order chi connectivity index (χ1) is 7.66. The van der Waals surface area contributed by atoms with E-state index in [2.05, 4.69) is 49.1 Å². The average Bonchev–Trinajstić information content (AvgIpc) is 2.27. The second kappa shape index (κ2) is 4.98. The van der Waals surface area contributed by atoms with Gasteiger partial charge >= 0.3 is 0 Å². The van der Waals surface area contributed by atoms with Crippen LogP contribution in [0.5, 0.6) is 0 Å². The van der Waals surface area contributed by atoms with Crippen molar-refractivity contribution in [2.75, 3.05) is 6.54 Å². The number of piperidine rings is 1. The summed E-state index contributed by atoms with van der Waals surface area (Å²) in [6.45, 7) is 6.63. The molecule has 2 heteroatoms. The van der Waals surface area contributed by atoms with Crippen LogP contribution in [-0.4, -0.2) is 23.5 Å². The summed E-state index contributed by atoms with van der Waals surface area (Å²) in [4.78, 5) is 2.50. The highest BCUT2D eigenvalue weighted by Crippen LogP contribution is 2.23. The number of rotatable bonds is 2. The zero-order valence-electron chi connectivity index (χ0n) is 10.3. The molecule has 0 spiro atoms. The van der Waals surface area contributed by atoms with Gasteiger partial charge in [-0.2, -0.15) is 0 Å². The Morgan fingerprint density at radius 1 is 1.25 bits per heavy atom. The Kier molecular flexibility index (Phi) is 3.62. The van der Waals surface area contributed by atoms with Crippen molar-refractivity contribution in [3.05, 3.63) is 35.9 Å². The minimum atomic E-state index is 0.333. The first kappa shape index (κ1) is 11.6. The van der Waals surface area contributed by atoms with E-state index in [9.17, 15) is 0 Å². The van der Waals surface area contributed by atoms with Gasteiger partial charge in [0.25, 0.3) is 0 Å². The topological polar surface area (TPSA) is 29.3 Å². The van der Waals surface area contributed by atoms with Crippen LogP contribution in [0.4, 0.5) is 0 Å². The maximum absolute atomic E-state index is 6.14. The molecule has 1 aromatic rings. The zero-order chi connectivity index (χ0) is 11.5. The van der Waals surface area contributed by atoms with E-state index in [0.29, 0.717) is 18.0 Å². The van der Waals surface area contributed by atoms with Gasteiger partial charge in [0.15, 0.2) is 0 Å². The summed E-state index contributed by atoms with van der Waals surface area (Å²) in [7, 11) is 0. The Morgan fingerprint density at radius 3 is 2.62 bits per heavy atom. The van der Waals surface area contributed by atoms with E-state index in [0.717, 1.165) is 13.1 Å². The summed E-state index contributed by atoms with van der Waals surface area (Å²) in [6, 6.07) is 11.6. The molecule has 0 saturated carbocycles. The molecule has 2 N–H and O–H groups in total. The molecule has 1 aliphatic heterocycles. The van der Waals surface area contributed by atoms with Crippen molar-refractivity contribution in [3.63, 3.8) is 0 Å². The molecule has 0 radical (unpaired) electrons. The van der Waals surface area contributed by atoms with Gasteiger partial charge in [-0.15, -0.1) is 0 Å². The summed E-state index contributed by atoms with van der Waals surface area (Å²) >= 11 is 0. The summed E-state index contributed by atoms with van der Waals surface area (Å²) in [5, 5.41) is 0. The molecular weight excluding hydrogens is 196 g/mol. The van der Waals surface area contributed by atoms with Crippen molar-refractivity contribution < 1.29 is 0 Å². The normalized spacial score (nSPS) is 31.6. The van der Waals surface area contributed by atoms with Gasteiger partial charge in [-0.25, -0.2) is 0 Å². The van der Waals surface area contributed by atoms with Crippen LogP contribution in [0.1, 0.15) is 25.8 Å². The molecule has 2 rings (SSSR count). The summed E-state index contributed by atoms with van der Waals surface area (Å²) in [6.07, 6.45) is 1.22. The zero-order valence-corrected chi connectivity index (χ0v) is 10.3. The van der Waals surface area contributed by atoms with E-state index in [1.807, 2.05) is 0 Å². The van der Waals surface area contributed by atoms with Crippen molar-refractivity contribution in [3.8, 4) is 0 Å². The lowest BCUT2D eigenvalue weighted by Crippen LogP contribution is -2.51. The highest BCUT2D eigenvalue weighted by molar-refractivity contribution is 5.14. The second-order valence-corrected chi connectivity index (χ2v) is 5.14. The first-order valence-corrected chi connectivity index (χ1v) is 6.20. The molecular formula is C14H22N2. The van der Waals surface area contributed by atoms with Crippen molar-refractivity contribution in [2.45, 2.75) is 38.9 Å². The first-order valence-electron chi connectivity index (χ1n) is 6.20. The molecule has 0 unspecified atom stereocenters. The monoisotopic (exact) mass is 218 g/mol. The predicted octanol–water partition coefficient (Wildman–Crippen LogP) is 2.24. The van der Waals surface area contributed by atoms with Crippen LogP contribution in [0.15, 0.2) is 30.3 Å². The van der Waals surface area contributed by atoms with Crippen LogP contribution in [0.2, 0.25) is 0 Å². The Balaban J connectivity index is 2.00. The quantitative estimate of drug-likeness (QED) is 0.825. The Labute approximate surface area is 98.4 Å². The van der Waals surface area contributed by atoms with Crippen LogP contribution in [0.3, 0.4) is 0 Å². The van der Waals surface area contributed by atoms with Gasteiger partial charge in [-0.3, -0.25) is 4.90 Å². The molecule has 1 fully saturated rings. The van der Waals surface area contributed by atoms with Gasteiger partial charge in [-0.1, -0.05) is 37.3 Å². The SMILES string of the molecule is C[C@@H]1C[C@H](C)N(Cc2ccccc2)C[C@H]1N. The van der Waals surface area contributed by atoms with Gasteiger partial charge in [0.1, 0.15) is 0 Å². The fourth-order valence-corrected chi connectivity index (χ4v) is 2.53. The molecule has 16 heavy (non-hydrogen) atoms. The van der Waals surface area contributed by atoms with Crippen molar-refractivity contribution >= 4 is 0 Å². The molecule has 2 nitrogen and oxygen atoms in total. The smallest absolute Gasteiger partial charge is 0.0237 e. The van der Waals surface area contributed by atoms with Crippen LogP contribution >= 0.6 is 0 Å². The van der Waals surface area contributed by atoms with Gasteiger partial charge in [0.05, 0.1) is 0 Å². The van der Waals surface area contributed by atoms with E-state index in [4.69, 9.17) is 5.73 Å². The van der Waals surface area contributed by atoms with Gasteiger partial charge in [-0.05, 0) is 24.8 Å². The van der Waals surface area contributed by atoms with Crippen LogP contribution in [-0.2, 0) is 6.54 Å². The van der Waals surface area contributed by atoms with E-state index < -0.39 is 0 Å². The lowest BCUT2D eigenvalue weighted by atomic mass is 9.89. The number of likely N-dealkylation sites (tertiary alicyclic amines) is 1. The third-order valence-corrected chi connectivity index (χ3v) is 3.74. The largest absolute Gasteiger partial charge is 0.326 e. The second-order valence-electron chi connectivity index (χ2n) is 5.14. The third kappa shape index (κ3) is 2.63.